The van der Waals surface area contributed by atoms with Crippen molar-refractivity contribution in [3.05, 3.63) is 71.4 Å². The van der Waals surface area contributed by atoms with E-state index < -0.39 is 5.97 Å². The van der Waals surface area contributed by atoms with E-state index in [2.05, 4.69) is 10.1 Å². The number of benzene rings is 2. The van der Waals surface area contributed by atoms with Crippen LogP contribution in [0.3, 0.4) is 0 Å². The van der Waals surface area contributed by atoms with Crippen molar-refractivity contribution < 1.29 is 19.1 Å². The first-order valence-electron chi connectivity index (χ1n) is 7.71. The van der Waals surface area contributed by atoms with Gasteiger partial charge in [0.15, 0.2) is 6.61 Å². The maximum absolute atomic E-state index is 12.0. The highest BCUT2D eigenvalue weighted by molar-refractivity contribution is 5.98. The van der Waals surface area contributed by atoms with Gasteiger partial charge in [0.05, 0.1) is 7.11 Å². The van der Waals surface area contributed by atoms with Crippen molar-refractivity contribution in [1.29, 1.82) is 5.41 Å². The Hall–Kier alpha value is -3.32. The van der Waals surface area contributed by atoms with E-state index >= 15 is 0 Å². The lowest BCUT2D eigenvalue weighted by atomic mass is 10.1. The number of carbonyl (C=O) groups excluding carboxylic acids is 2. The molecular formula is C19H20ClN3O4. The highest BCUT2D eigenvalue weighted by atomic mass is 35.5. The lowest BCUT2D eigenvalue weighted by Crippen LogP contribution is -2.17. The molecule has 1 amide bonds. The second-order valence-corrected chi connectivity index (χ2v) is 5.23. The van der Waals surface area contributed by atoms with Crippen molar-refractivity contribution in [3.63, 3.8) is 0 Å². The summed E-state index contributed by atoms with van der Waals surface area (Å²) in [6.07, 6.45) is 3.26. The second kappa shape index (κ2) is 10.6. The number of ether oxygens (including phenoxy) is 2. The van der Waals surface area contributed by atoms with E-state index in [4.69, 9.17) is 15.9 Å². The second-order valence-electron chi connectivity index (χ2n) is 5.23. The minimum Gasteiger partial charge on any atom is -0.482 e. The maximum Gasteiger partial charge on any atom is 0.343 e. The number of methoxy groups -OCH3 is 1. The first-order valence-corrected chi connectivity index (χ1v) is 7.71. The van der Waals surface area contributed by atoms with E-state index in [1.54, 1.807) is 54.6 Å². The molecule has 0 heterocycles. The number of nitrogen functional groups attached to an aromatic ring is 1. The summed E-state index contributed by atoms with van der Waals surface area (Å²) in [6.45, 7) is -0.149. The van der Waals surface area contributed by atoms with Gasteiger partial charge in [-0.05, 0) is 35.9 Å². The molecule has 7 nitrogen and oxygen atoms in total. The summed E-state index contributed by atoms with van der Waals surface area (Å²) in [5, 5.41) is 9.99. The summed E-state index contributed by atoms with van der Waals surface area (Å²) in [4.78, 5) is 23.0. The normalized spacial score (nSPS) is 9.96. The largest absolute Gasteiger partial charge is 0.482 e. The fourth-order valence-corrected chi connectivity index (χ4v) is 1.97. The van der Waals surface area contributed by atoms with Gasteiger partial charge in [0.2, 0.25) is 0 Å². The summed E-state index contributed by atoms with van der Waals surface area (Å²) >= 11 is 0. The van der Waals surface area contributed by atoms with Crippen LogP contribution in [-0.2, 0) is 9.53 Å². The molecule has 4 N–H and O–H groups in total. The molecule has 0 fully saturated rings. The molecule has 2 aromatic rings. The number of esters is 1. The molecule has 0 aliphatic rings. The molecule has 0 aromatic heterocycles. The molecule has 0 radical (unpaired) electrons. The third kappa shape index (κ3) is 6.83. The summed E-state index contributed by atoms with van der Waals surface area (Å²) < 4.78 is 9.74. The number of hydrogen-bond donors (Lipinski definition) is 3. The lowest BCUT2D eigenvalue weighted by molar-refractivity contribution is -0.142. The van der Waals surface area contributed by atoms with Gasteiger partial charge in [0.1, 0.15) is 11.6 Å². The van der Waals surface area contributed by atoms with Crippen LogP contribution in [0.15, 0.2) is 54.7 Å². The zero-order valence-electron chi connectivity index (χ0n) is 14.6. The Morgan fingerprint density at radius 1 is 1.07 bits per heavy atom. The van der Waals surface area contributed by atoms with Crippen LogP contribution in [0.5, 0.6) is 5.75 Å². The summed E-state index contributed by atoms with van der Waals surface area (Å²) in [6, 6.07) is 13.5. The molecule has 0 aliphatic heterocycles. The molecule has 0 unspecified atom stereocenters. The number of nitrogens with two attached hydrogens (primary N) is 1. The Kier molecular flexibility index (Phi) is 8.55. The molecule has 2 aromatic carbocycles. The van der Waals surface area contributed by atoms with E-state index in [9.17, 15) is 9.59 Å². The van der Waals surface area contributed by atoms with Crippen LogP contribution < -0.4 is 15.8 Å². The van der Waals surface area contributed by atoms with E-state index in [1.165, 1.54) is 13.3 Å². The van der Waals surface area contributed by atoms with Gasteiger partial charge in [-0.2, -0.15) is 0 Å². The Morgan fingerprint density at radius 3 is 2.22 bits per heavy atom. The first kappa shape index (κ1) is 21.7. The van der Waals surface area contributed by atoms with Gasteiger partial charge in [0, 0.05) is 17.3 Å². The van der Waals surface area contributed by atoms with Crippen molar-refractivity contribution in [2.45, 2.75) is 0 Å². The van der Waals surface area contributed by atoms with Crippen molar-refractivity contribution in [2.24, 2.45) is 5.73 Å². The predicted molar refractivity (Wildman–Crippen MR) is 105 cm³/mol. The van der Waals surface area contributed by atoms with Crippen LogP contribution in [0.25, 0.3) is 6.08 Å². The number of hydrogen-bond acceptors (Lipinski definition) is 5. The SMILES string of the molecule is COC(=O)COc1ccc(C=CNC(=O)c2ccc(C(=N)N)cc2)cc1.Cl. The molecule has 0 spiro atoms. The number of amides is 1. The minimum atomic E-state index is -0.451. The standard InChI is InChI=1S/C19H19N3O4.ClH/c1-25-17(23)12-26-16-8-2-13(3-9-16)10-11-22-19(24)15-6-4-14(5-7-15)18(20)21;/h2-11H,12H2,1H3,(H3,20,21)(H,22,24);1H. The van der Waals surface area contributed by atoms with Gasteiger partial charge in [-0.15, -0.1) is 12.4 Å². The Morgan fingerprint density at radius 2 is 1.67 bits per heavy atom. The van der Waals surface area contributed by atoms with Crippen molar-refractivity contribution in [1.82, 2.24) is 5.32 Å². The van der Waals surface area contributed by atoms with Crippen LogP contribution in [0, 0.1) is 5.41 Å². The van der Waals surface area contributed by atoms with E-state index in [0.29, 0.717) is 16.9 Å². The third-order valence-electron chi connectivity index (χ3n) is 3.41. The number of halogens is 1. The summed E-state index contributed by atoms with van der Waals surface area (Å²) in [7, 11) is 1.30. The van der Waals surface area contributed by atoms with Crippen LogP contribution >= 0.6 is 12.4 Å². The Labute approximate surface area is 163 Å². The van der Waals surface area contributed by atoms with E-state index in [1.807, 2.05) is 0 Å². The molecule has 0 saturated carbocycles. The van der Waals surface area contributed by atoms with Crippen LogP contribution in [-0.4, -0.2) is 31.4 Å². The monoisotopic (exact) mass is 389 g/mol. The molecule has 0 saturated heterocycles. The number of amidine groups is 1. The average Bonchev–Trinajstić information content (AvgIpc) is 2.67. The summed E-state index contributed by atoms with van der Waals surface area (Å²) in [5.41, 5.74) is 7.25. The zero-order chi connectivity index (χ0) is 18.9. The molecule has 0 aliphatic carbocycles. The maximum atomic E-state index is 12.0. The zero-order valence-corrected chi connectivity index (χ0v) is 15.4. The van der Waals surface area contributed by atoms with Gasteiger partial charge in [-0.1, -0.05) is 24.3 Å². The van der Waals surface area contributed by atoms with Crippen molar-refractivity contribution >= 4 is 36.2 Å². The molecule has 0 bridgehead atoms. The van der Waals surface area contributed by atoms with Crippen molar-refractivity contribution in [2.75, 3.05) is 13.7 Å². The van der Waals surface area contributed by atoms with Gasteiger partial charge in [-0.3, -0.25) is 10.2 Å². The number of rotatable bonds is 7. The Bertz CT molecular complexity index is 818. The number of carbonyl (C=O) groups is 2. The lowest BCUT2D eigenvalue weighted by Gasteiger charge is -2.05. The van der Waals surface area contributed by atoms with Gasteiger partial charge < -0.3 is 20.5 Å². The molecule has 8 heteroatoms. The fourth-order valence-electron chi connectivity index (χ4n) is 1.97. The third-order valence-corrected chi connectivity index (χ3v) is 3.41. The highest BCUT2D eigenvalue weighted by Crippen LogP contribution is 2.13. The van der Waals surface area contributed by atoms with Gasteiger partial charge in [-0.25, -0.2) is 4.79 Å². The average molecular weight is 390 g/mol. The highest BCUT2D eigenvalue weighted by Gasteiger charge is 2.04. The van der Waals surface area contributed by atoms with Gasteiger partial charge in [0.25, 0.3) is 5.91 Å². The van der Waals surface area contributed by atoms with E-state index in [-0.39, 0.29) is 30.8 Å². The smallest absolute Gasteiger partial charge is 0.343 e. The molecule has 142 valence electrons. The molecule has 2 rings (SSSR count). The minimum absolute atomic E-state index is 0. The first-order chi connectivity index (χ1) is 12.5. The van der Waals surface area contributed by atoms with Crippen LogP contribution in [0.2, 0.25) is 0 Å². The quantitative estimate of drug-likeness (QED) is 0.382. The molecule has 0 atom stereocenters. The topological polar surface area (TPSA) is 114 Å². The molecule has 27 heavy (non-hydrogen) atoms. The summed E-state index contributed by atoms with van der Waals surface area (Å²) in [5.74, 6) is -0.222. The molecular weight excluding hydrogens is 370 g/mol. The van der Waals surface area contributed by atoms with Crippen LogP contribution in [0.1, 0.15) is 21.5 Å². The number of nitrogens with one attached hydrogen (secondary N) is 2. The Balaban J connectivity index is 0.00000364. The van der Waals surface area contributed by atoms with Gasteiger partial charge >= 0.3 is 5.97 Å². The predicted octanol–water partition coefficient (Wildman–Crippen LogP) is 2.34. The fraction of sp³-hybridized carbons (Fsp3) is 0.105. The van der Waals surface area contributed by atoms with Crippen molar-refractivity contribution in [3.8, 4) is 5.75 Å². The van der Waals surface area contributed by atoms with Crippen LogP contribution in [0.4, 0.5) is 0 Å². The van der Waals surface area contributed by atoms with E-state index in [0.717, 1.165) is 5.56 Å².